The zero-order valence-corrected chi connectivity index (χ0v) is 11.2. The first-order chi connectivity index (χ1) is 7.13. The van der Waals surface area contributed by atoms with Crippen LogP contribution in [0.4, 0.5) is 0 Å². The molecule has 16 heavy (non-hydrogen) atoms. The van der Waals surface area contributed by atoms with E-state index < -0.39 is 20.5 Å². The van der Waals surface area contributed by atoms with E-state index in [2.05, 4.69) is 5.32 Å². The van der Waals surface area contributed by atoms with Gasteiger partial charge in [-0.05, 0) is 32.7 Å². The molecule has 5 nitrogen and oxygen atoms in total. The molecule has 1 atom stereocenters. The van der Waals surface area contributed by atoms with Crippen LogP contribution in [0.1, 0.15) is 27.2 Å². The molecule has 0 spiro atoms. The van der Waals surface area contributed by atoms with Crippen LogP contribution in [0.2, 0.25) is 0 Å². The summed E-state index contributed by atoms with van der Waals surface area (Å²) < 4.78 is 21.4. The van der Waals surface area contributed by atoms with Gasteiger partial charge in [0, 0.05) is 12.8 Å². The third kappa shape index (κ3) is 4.09. The molecule has 0 aromatic carbocycles. The van der Waals surface area contributed by atoms with E-state index in [1.165, 1.54) is 13.8 Å². The van der Waals surface area contributed by atoms with Gasteiger partial charge in [-0.3, -0.25) is 4.79 Å². The lowest BCUT2D eigenvalue weighted by atomic mass is 10.1. The number of carbonyl (C=O) groups excluding carboxylic acids is 1. The molecule has 0 heterocycles. The monoisotopic (exact) mass is 250 g/mol. The lowest BCUT2D eigenvalue weighted by Gasteiger charge is -2.22. The summed E-state index contributed by atoms with van der Waals surface area (Å²) in [7, 11) is -3.40. The van der Waals surface area contributed by atoms with Gasteiger partial charge in [0.15, 0.2) is 9.84 Å². The molecular formula is C10H22N2O3S. The second-order valence-electron chi connectivity index (χ2n) is 4.68. The van der Waals surface area contributed by atoms with E-state index in [-0.39, 0.29) is 5.92 Å². The summed E-state index contributed by atoms with van der Waals surface area (Å²) in [5.74, 6) is -0.205. The highest BCUT2D eigenvalue weighted by Gasteiger charge is 2.38. The highest BCUT2D eigenvalue weighted by Crippen LogP contribution is 2.15. The standard InChI is InChI=1S/C10H22N2O3S/c1-8(5-6-11)7-12-9(13)10(2,3)16(4,14)15/h8H,5-7,11H2,1-4H3,(H,12,13). The van der Waals surface area contributed by atoms with Crippen molar-refractivity contribution in [1.29, 1.82) is 0 Å². The van der Waals surface area contributed by atoms with Crippen molar-refractivity contribution in [2.45, 2.75) is 31.9 Å². The summed E-state index contributed by atoms with van der Waals surface area (Å²) in [5.41, 5.74) is 5.38. The van der Waals surface area contributed by atoms with Crippen LogP contribution in [-0.4, -0.2) is 38.4 Å². The van der Waals surface area contributed by atoms with Crippen LogP contribution in [0.25, 0.3) is 0 Å². The van der Waals surface area contributed by atoms with Crippen LogP contribution < -0.4 is 11.1 Å². The number of amides is 1. The first-order valence-electron chi connectivity index (χ1n) is 5.31. The van der Waals surface area contributed by atoms with E-state index in [0.29, 0.717) is 13.1 Å². The fraction of sp³-hybridized carbons (Fsp3) is 0.900. The van der Waals surface area contributed by atoms with Crippen LogP contribution in [0.3, 0.4) is 0 Å². The van der Waals surface area contributed by atoms with E-state index >= 15 is 0 Å². The molecule has 0 rings (SSSR count). The van der Waals surface area contributed by atoms with Crippen molar-refractivity contribution in [2.75, 3.05) is 19.3 Å². The Morgan fingerprint density at radius 1 is 1.44 bits per heavy atom. The summed E-state index contributed by atoms with van der Waals surface area (Å²) in [6, 6.07) is 0. The minimum absolute atomic E-state index is 0.254. The summed E-state index contributed by atoms with van der Waals surface area (Å²) in [6.45, 7) is 5.79. The zero-order valence-electron chi connectivity index (χ0n) is 10.4. The normalized spacial score (nSPS) is 14.6. The maximum atomic E-state index is 11.7. The van der Waals surface area contributed by atoms with Crippen molar-refractivity contribution in [2.24, 2.45) is 11.7 Å². The SMILES string of the molecule is CC(CCN)CNC(=O)C(C)(C)S(C)(=O)=O. The molecule has 0 aromatic heterocycles. The summed E-state index contributed by atoms with van der Waals surface area (Å²) >= 11 is 0. The average Bonchev–Trinajstić information content (AvgIpc) is 2.12. The Bertz CT molecular complexity index is 336. The molecule has 0 radical (unpaired) electrons. The maximum absolute atomic E-state index is 11.7. The van der Waals surface area contributed by atoms with Crippen LogP contribution in [-0.2, 0) is 14.6 Å². The van der Waals surface area contributed by atoms with E-state index in [4.69, 9.17) is 5.73 Å². The van der Waals surface area contributed by atoms with Gasteiger partial charge in [0.2, 0.25) is 5.91 Å². The molecule has 0 aliphatic rings. The summed E-state index contributed by atoms with van der Waals surface area (Å²) in [5, 5.41) is 2.64. The number of hydrogen-bond donors (Lipinski definition) is 2. The Hall–Kier alpha value is -0.620. The van der Waals surface area contributed by atoms with Crippen molar-refractivity contribution in [1.82, 2.24) is 5.32 Å². The molecule has 1 amide bonds. The molecule has 0 aromatic rings. The second kappa shape index (κ2) is 5.63. The van der Waals surface area contributed by atoms with Crippen molar-refractivity contribution in [3.05, 3.63) is 0 Å². The number of carbonyl (C=O) groups is 1. The van der Waals surface area contributed by atoms with Gasteiger partial charge in [0.05, 0.1) is 0 Å². The van der Waals surface area contributed by atoms with Gasteiger partial charge >= 0.3 is 0 Å². The number of nitrogens with two attached hydrogens (primary N) is 1. The minimum Gasteiger partial charge on any atom is -0.354 e. The average molecular weight is 250 g/mol. The van der Waals surface area contributed by atoms with E-state index in [1.54, 1.807) is 0 Å². The maximum Gasteiger partial charge on any atom is 0.240 e. The topological polar surface area (TPSA) is 89.3 Å². The smallest absolute Gasteiger partial charge is 0.240 e. The minimum atomic E-state index is -3.40. The number of sulfone groups is 1. The molecule has 6 heteroatoms. The van der Waals surface area contributed by atoms with Crippen LogP contribution in [0.5, 0.6) is 0 Å². The Kier molecular flexibility index (Phi) is 5.41. The Balaban J connectivity index is 4.38. The van der Waals surface area contributed by atoms with E-state index in [0.717, 1.165) is 12.7 Å². The van der Waals surface area contributed by atoms with Gasteiger partial charge in [-0.25, -0.2) is 8.42 Å². The Labute approximate surface area is 97.7 Å². The Morgan fingerprint density at radius 2 is 1.94 bits per heavy atom. The van der Waals surface area contributed by atoms with Crippen molar-refractivity contribution in [3.63, 3.8) is 0 Å². The predicted molar refractivity (Wildman–Crippen MR) is 64.8 cm³/mol. The lowest BCUT2D eigenvalue weighted by Crippen LogP contribution is -2.48. The molecule has 0 saturated heterocycles. The van der Waals surface area contributed by atoms with Gasteiger partial charge in [-0.15, -0.1) is 0 Å². The summed E-state index contributed by atoms with van der Waals surface area (Å²) in [4.78, 5) is 11.7. The number of nitrogens with one attached hydrogen (secondary N) is 1. The highest BCUT2D eigenvalue weighted by molar-refractivity contribution is 7.92. The third-order valence-electron chi connectivity index (χ3n) is 2.74. The van der Waals surface area contributed by atoms with Gasteiger partial charge in [0.1, 0.15) is 4.75 Å². The summed E-state index contributed by atoms with van der Waals surface area (Å²) in [6.07, 6.45) is 1.87. The largest absolute Gasteiger partial charge is 0.354 e. The van der Waals surface area contributed by atoms with Crippen LogP contribution in [0, 0.1) is 5.92 Å². The fourth-order valence-corrected chi connectivity index (χ4v) is 1.44. The highest BCUT2D eigenvalue weighted by atomic mass is 32.2. The van der Waals surface area contributed by atoms with Gasteiger partial charge in [-0.2, -0.15) is 0 Å². The Morgan fingerprint density at radius 3 is 2.31 bits per heavy atom. The molecular weight excluding hydrogens is 228 g/mol. The zero-order chi connectivity index (χ0) is 13.0. The van der Waals surface area contributed by atoms with Crippen LogP contribution in [0.15, 0.2) is 0 Å². The number of hydrogen-bond acceptors (Lipinski definition) is 4. The van der Waals surface area contributed by atoms with Crippen LogP contribution >= 0.6 is 0 Å². The van der Waals surface area contributed by atoms with Gasteiger partial charge in [-0.1, -0.05) is 6.92 Å². The lowest BCUT2D eigenvalue weighted by molar-refractivity contribution is -0.123. The van der Waals surface area contributed by atoms with E-state index in [1.807, 2.05) is 6.92 Å². The molecule has 0 aliphatic heterocycles. The first-order valence-corrected chi connectivity index (χ1v) is 7.20. The first kappa shape index (κ1) is 15.4. The third-order valence-corrected chi connectivity index (χ3v) is 4.78. The quantitative estimate of drug-likeness (QED) is 0.689. The second-order valence-corrected chi connectivity index (χ2v) is 7.24. The van der Waals surface area contributed by atoms with E-state index in [9.17, 15) is 13.2 Å². The molecule has 0 aliphatic carbocycles. The van der Waals surface area contributed by atoms with Crippen molar-refractivity contribution < 1.29 is 13.2 Å². The molecule has 96 valence electrons. The fourth-order valence-electron chi connectivity index (χ4n) is 1.03. The van der Waals surface area contributed by atoms with Gasteiger partial charge < -0.3 is 11.1 Å². The molecule has 0 fully saturated rings. The van der Waals surface area contributed by atoms with Crippen molar-refractivity contribution in [3.8, 4) is 0 Å². The predicted octanol–water partition coefficient (Wildman–Crippen LogP) is -0.0893. The van der Waals surface area contributed by atoms with Crippen molar-refractivity contribution >= 4 is 15.7 Å². The molecule has 1 unspecified atom stereocenters. The number of rotatable bonds is 6. The molecule has 3 N–H and O–H groups in total. The molecule has 0 bridgehead atoms. The van der Waals surface area contributed by atoms with Gasteiger partial charge in [0.25, 0.3) is 0 Å². The molecule has 0 saturated carbocycles.